The smallest absolute Gasteiger partial charge is 0.310 e. The van der Waals surface area contributed by atoms with Crippen LogP contribution in [0.2, 0.25) is 5.02 Å². The third kappa shape index (κ3) is 4.48. The van der Waals surface area contributed by atoms with Crippen molar-refractivity contribution in [2.75, 3.05) is 0 Å². The Labute approximate surface area is 126 Å². The molecule has 110 valence electrons. The fraction of sp³-hybridized carbons (Fsp3) is 0.188. The van der Waals surface area contributed by atoms with Gasteiger partial charge in [0, 0.05) is 11.9 Å². The fourth-order valence-corrected chi connectivity index (χ4v) is 1.86. The molecular formula is C16H15ClO4. The molecule has 2 N–H and O–H groups in total. The van der Waals surface area contributed by atoms with Gasteiger partial charge in [-0.1, -0.05) is 35.9 Å². The first-order valence-electron chi connectivity index (χ1n) is 6.35. The number of aliphatic carboxylic acids is 1. The van der Waals surface area contributed by atoms with Gasteiger partial charge in [-0.05, 0) is 34.7 Å². The normalized spacial score (nSPS) is 13.5. The van der Waals surface area contributed by atoms with E-state index in [1.807, 2.05) is 0 Å². The van der Waals surface area contributed by atoms with Crippen molar-refractivity contribution < 1.29 is 19.7 Å². The molecule has 5 heteroatoms. The van der Waals surface area contributed by atoms with Crippen LogP contribution < -0.4 is 4.74 Å². The zero-order valence-corrected chi connectivity index (χ0v) is 12.2. The average molecular weight is 307 g/mol. The first kappa shape index (κ1) is 15.4. The molecule has 1 unspecified atom stereocenters. The third-order valence-electron chi connectivity index (χ3n) is 2.85. The van der Waals surface area contributed by atoms with Crippen LogP contribution in [-0.4, -0.2) is 22.0 Å². The van der Waals surface area contributed by atoms with Crippen LogP contribution in [0.25, 0.3) is 0 Å². The van der Waals surface area contributed by atoms with Gasteiger partial charge in [0.15, 0.2) is 0 Å². The summed E-state index contributed by atoms with van der Waals surface area (Å²) in [7, 11) is 0. The van der Waals surface area contributed by atoms with Gasteiger partial charge in [-0.15, -0.1) is 0 Å². The predicted molar refractivity (Wildman–Crippen MR) is 79.1 cm³/mol. The molecule has 1 aromatic carbocycles. The number of carbonyl (C=O) groups is 1. The topological polar surface area (TPSA) is 66.8 Å². The Balaban J connectivity index is 0.000000218. The van der Waals surface area contributed by atoms with Crippen molar-refractivity contribution in [1.82, 2.24) is 0 Å². The van der Waals surface area contributed by atoms with E-state index in [0.717, 1.165) is 0 Å². The number of ether oxygens (including phenoxy) is 1. The standard InChI is InChI=1S/C10H11ClO4.C6H4/c1-10(14,6-9(12)13)15-8-4-2-7(11)3-5-8;1-2-6-4-3-5(1)6/h2-5,14H,6H2,1H3,(H,12,13);1-4H. The second kappa shape index (κ2) is 6.16. The highest BCUT2D eigenvalue weighted by molar-refractivity contribution is 6.30. The van der Waals surface area contributed by atoms with Crippen LogP contribution >= 0.6 is 11.6 Å². The molecule has 3 rings (SSSR count). The Bertz CT molecular complexity index is 672. The van der Waals surface area contributed by atoms with Crippen LogP contribution in [0.5, 0.6) is 5.75 Å². The van der Waals surface area contributed by atoms with Crippen molar-refractivity contribution in [2.24, 2.45) is 0 Å². The van der Waals surface area contributed by atoms with Crippen molar-refractivity contribution in [3.8, 4) is 5.75 Å². The number of hydrogen-bond donors (Lipinski definition) is 2. The number of aliphatic hydroxyl groups is 1. The van der Waals surface area contributed by atoms with E-state index in [2.05, 4.69) is 24.3 Å². The molecule has 0 bridgehead atoms. The Kier molecular flexibility index (Phi) is 4.50. The van der Waals surface area contributed by atoms with E-state index >= 15 is 0 Å². The Morgan fingerprint density at radius 1 is 1.10 bits per heavy atom. The summed E-state index contributed by atoms with van der Waals surface area (Å²) in [5, 5.41) is 21.5. The second-order valence-electron chi connectivity index (χ2n) is 4.88. The summed E-state index contributed by atoms with van der Waals surface area (Å²) >= 11 is 5.66. The molecule has 0 radical (unpaired) electrons. The monoisotopic (exact) mass is 306 g/mol. The van der Waals surface area contributed by atoms with E-state index in [9.17, 15) is 9.90 Å². The molecule has 0 heterocycles. The third-order valence-corrected chi connectivity index (χ3v) is 3.10. The van der Waals surface area contributed by atoms with Crippen LogP contribution in [0.3, 0.4) is 0 Å². The first-order valence-corrected chi connectivity index (χ1v) is 6.73. The van der Waals surface area contributed by atoms with E-state index in [-0.39, 0.29) is 0 Å². The number of carboxylic acids is 1. The summed E-state index contributed by atoms with van der Waals surface area (Å²) in [4.78, 5) is 10.4. The Hall–Kier alpha value is -2.04. The molecule has 4 nitrogen and oxygen atoms in total. The van der Waals surface area contributed by atoms with Crippen LogP contribution in [0.4, 0.5) is 0 Å². The van der Waals surface area contributed by atoms with Crippen LogP contribution in [-0.2, 0) is 4.79 Å². The minimum atomic E-state index is -1.72. The maximum Gasteiger partial charge on any atom is 0.310 e. The number of halogens is 1. The lowest BCUT2D eigenvalue weighted by molar-refractivity contribution is -0.161. The SMILES string of the molecule is CC(O)(CC(=O)O)Oc1ccc(Cl)cc1.c1cc2ccc1=2. The highest BCUT2D eigenvalue weighted by atomic mass is 35.5. The van der Waals surface area contributed by atoms with Gasteiger partial charge in [-0.3, -0.25) is 4.79 Å². The summed E-state index contributed by atoms with van der Waals surface area (Å²) in [6, 6.07) is 14.8. The van der Waals surface area contributed by atoms with Gasteiger partial charge in [0.1, 0.15) is 12.2 Å². The first-order chi connectivity index (χ1) is 9.85. The van der Waals surface area contributed by atoms with Gasteiger partial charge in [0.25, 0.3) is 0 Å². The van der Waals surface area contributed by atoms with Crippen LogP contribution in [0, 0.1) is 10.4 Å². The molecule has 21 heavy (non-hydrogen) atoms. The summed E-state index contributed by atoms with van der Waals surface area (Å²) in [5.74, 6) is -2.49. The highest BCUT2D eigenvalue weighted by Gasteiger charge is 2.26. The Morgan fingerprint density at radius 2 is 1.57 bits per heavy atom. The number of benzene rings is 2. The number of rotatable bonds is 4. The van der Waals surface area contributed by atoms with Gasteiger partial charge in [-0.2, -0.15) is 0 Å². The Morgan fingerprint density at radius 3 is 1.90 bits per heavy atom. The molecule has 0 spiro atoms. The molecule has 0 aliphatic heterocycles. The van der Waals surface area contributed by atoms with Crippen molar-refractivity contribution in [1.29, 1.82) is 0 Å². The molecule has 1 aromatic rings. The number of hydrogen-bond acceptors (Lipinski definition) is 3. The molecule has 2 aliphatic carbocycles. The summed E-state index contributed by atoms with van der Waals surface area (Å²) in [5.41, 5.74) is 0. The van der Waals surface area contributed by atoms with E-state index in [1.54, 1.807) is 24.3 Å². The molecule has 0 amide bonds. The van der Waals surface area contributed by atoms with E-state index < -0.39 is 18.2 Å². The molecule has 0 aromatic heterocycles. The van der Waals surface area contributed by atoms with Crippen LogP contribution in [0.1, 0.15) is 13.3 Å². The average Bonchev–Trinajstić information content (AvgIpc) is 2.35. The van der Waals surface area contributed by atoms with Gasteiger partial charge < -0.3 is 14.9 Å². The number of carboxylic acid groups (broad SMARTS) is 1. The van der Waals surface area contributed by atoms with Crippen molar-refractivity contribution in [2.45, 2.75) is 19.1 Å². The quantitative estimate of drug-likeness (QED) is 0.726. The van der Waals surface area contributed by atoms with Crippen molar-refractivity contribution in [3.63, 3.8) is 0 Å². The van der Waals surface area contributed by atoms with Gasteiger partial charge in [0.05, 0.1) is 0 Å². The zero-order valence-electron chi connectivity index (χ0n) is 11.4. The molecular weight excluding hydrogens is 292 g/mol. The largest absolute Gasteiger partial charge is 0.481 e. The second-order valence-corrected chi connectivity index (χ2v) is 5.32. The summed E-state index contributed by atoms with van der Waals surface area (Å²) < 4.78 is 5.08. The molecule has 2 aliphatic rings. The van der Waals surface area contributed by atoms with Crippen LogP contribution in [0.15, 0.2) is 48.5 Å². The maximum absolute atomic E-state index is 10.4. The van der Waals surface area contributed by atoms with E-state index in [1.165, 1.54) is 17.4 Å². The minimum Gasteiger partial charge on any atom is -0.481 e. The van der Waals surface area contributed by atoms with Gasteiger partial charge >= 0.3 is 5.97 Å². The molecule has 0 saturated heterocycles. The predicted octanol–water partition coefficient (Wildman–Crippen LogP) is 3.19. The van der Waals surface area contributed by atoms with Crippen molar-refractivity contribution >= 4 is 17.6 Å². The lowest BCUT2D eigenvalue weighted by Gasteiger charge is -2.22. The summed E-state index contributed by atoms with van der Waals surface area (Å²) in [6.45, 7) is 1.29. The zero-order chi connectivity index (χ0) is 15.5. The molecule has 0 saturated carbocycles. The van der Waals surface area contributed by atoms with E-state index in [0.29, 0.717) is 10.8 Å². The fourth-order valence-electron chi connectivity index (χ4n) is 1.74. The van der Waals surface area contributed by atoms with Crippen molar-refractivity contribution in [3.05, 3.63) is 64.0 Å². The van der Waals surface area contributed by atoms with Gasteiger partial charge in [0.2, 0.25) is 5.79 Å². The van der Waals surface area contributed by atoms with E-state index in [4.69, 9.17) is 21.4 Å². The summed E-state index contributed by atoms with van der Waals surface area (Å²) in [6.07, 6.45) is -0.490. The maximum atomic E-state index is 10.4. The minimum absolute atomic E-state index is 0.366. The van der Waals surface area contributed by atoms with Gasteiger partial charge in [-0.25, -0.2) is 0 Å². The highest BCUT2D eigenvalue weighted by Crippen LogP contribution is 2.21. The lowest BCUT2D eigenvalue weighted by atomic mass is 10.1. The molecule has 0 fully saturated rings. The lowest BCUT2D eigenvalue weighted by Crippen LogP contribution is -2.34. The molecule has 1 atom stereocenters.